The maximum Gasteiger partial charge on any atom is 0.323 e. The van der Waals surface area contributed by atoms with Gasteiger partial charge >= 0.3 is 12.0 Å². The molecule has 0 fully saturated rings. The van der Waals surface area contributed by atoms with Crippen LogP contribution in [0.3, 0.4) is 0 Å². The van der Waals surface area contributed by atoms with E-state index in [1.807, 2.05) is 19.0 Å². The van der Waals surface area contributed by atoms with Gasteiger partial charge in [-0.2, -0.15) is 0 Å². The summed E-state index contributed by atoms with van der Waals surface area (Å²) >= 11 is 0. The van der Waals surface area contributed by atoms with Crippen molar-refractivity contribution in [3.05, 3.63) is 0 Å². The summed E-state index contributed by atoms with van der Waals surface area (Å²) in [4.78, 5) is 36.9. The predicted molar refractivity (Wildman–Crippen MR) is 75.4 cm³/mol. The molecule has 0 aromatic carbocycles. The van der Waals surface area contributed by atoms with Crippen LogP contribution in [0.25, 0.3) is 0 Å². The molecule has 116 valence electrons. The lowest BCUT2D eigenvalue weighted by Crippen LogP contribution is -2.41. The highest BCUT2D eigenvalue weighted by Crippen LogP contribution is 2.00. The Morgan fingerprint density at radius 2 is 1.55 bits per heavy atom. The van der Waals surface area contributed by atoms with Crippen LogP contribution in [0.5, 0.6) is 0 Å². The van der Waals surface area contributed by atoms with Crippen LogP contribution in [-0.4, -0.2) is 67.0 Å². The van der Waals surface area contributed by atoms with Gasteiger partial charge in [0.2, 0.25) is 5.91 Å². The molecule has 0 aromatic rings. The van der Waals surface area contributed by atoms with Crippen molar-refractivity contribution in [2.45, 2.75) is 32.1 Å². The van der Waals surface area contributed by atoms with E-state index in [1.165, 1.54) is 4.90 Å². The standard InChI is InChI=1S/C13H25N3O4/c1-15(2)9-6-10-16(3)13(20)14-11(17)7-4-5-8-12(18)19/h4-10H2,1-3H3,(H,18,19)(H,14,17,20). The third-order valence-electron chi connectivity index (χ3n) is 2.74. The number of hydrogen-bond acceptors (Lipinski definition) is 4. The molecule has 2 N–H and O–H groups in total. The molecule has 0 saturated carbocycles. The molecule has 0 heterocycles. The van der Waals surface area contributed by atoms with Crippen molar-refractivity contribution in [2.75, 3.05) is 34.2 Å². The third kappa shape index (κ3) is 10.3. The van der Waals surface area contributed by atoms with Crippen LogP contribution in [0, 0.1) is 0 Å². The van der Waals surface area contributed by atoms with Crippen LogP contribution in [0.15, 0.2) is 0 Å². The molecule has 0 bridgehead atoms. The topological polar surface area (TPSA) is 90.0 Å². The fourth-order valence-corrected chi connectivity index (χ4v) is 1.56. The van der Waals surface area contributed by atoms with Gasteiger partial charge in [0.25, 0.3) is 0 Å². The summed E-state index contributed by atoms with van der Waals surface area (Å²) in [7, 11) is 5.56. The molecule has 0 spiro atoms. The Kier molecular flexibility index (Phi) is 9.36. The fraction of sp³-hybridized carbons (Fsp3) is 0.769. The van der Waals surface area contributed by atoms with Crippen molar-refractivity contribution in [3.8, 4) is 0 Å². The number of nitrogens with zero attached hydrogens (tertiary/aromatic N) is 2. The second kappa shape index (κ2) is 10.2. The first kappa shape index (κ1) is 18.4. The Morgan fingerprint density at radius 3 is 2.10 bits per heavy atom. The summed E-state index contributed by atoms with van der Waals surface area (Å²) in [5.74, 6) is -1.23. The number of unbranched alkanes of at least 4 members (excludes halogenated alkanes) is 1. The molecular weight excluding hydrogens is 262 g/mol. The van der Waals surface area contributed by atoms with E-state index in [9.17, 15) is 14.4 Å². The lowest BCUT2D eigenvalue weighted by Gasteiger charge is -2.18. The largest absolute Gasteiger partial charge is 0.481 e. The van der Waals surface area contributed by atoms with Crippen LogP contribution < -0.4 is 5.32 Å². The van der Waals surface area contributed by atoms with Gasteiger partial charge in [-0.25, -0.2) is 4.79 Å². The maximum atomic E-state index is 11.7. The van der Waals surface area contributed by atoms with Gasteiger partial charge in [0.05, 0.1) is 0 Å². The number of carboxylic acids is 1. The Morgan fingerprint density at radius 1 is 0.950 bits per heavy atom. The normalized spacial score (nSPS) is 10.4. The Balaban J connectivity index is 3.77. The predicted octanol–water partition coefficient (Wildman–Crippen LogP) is 0.751. The zero-order valence-electron chi connectivity index (χ0n) is 12.5. The minimum absolute atomic E-state index is 0.0473. The van der Waals surface area contributed by atoms with Gasteiger partial charge in [-0.3, -0.25) is 14.9 Å². The molecule has 0 aliphatic heterocycles. The molecule has 0 aliphatic carbocycles. The minimum Gasteiger partial charge on any atom is -0.481 e. The molecule has 0 radical (unpaired) electrons. The third-order valence-corrected chi connectivity index (χ3v) is 2.74. The zero-order valence-corrected chi connectivity index (χ0v) is 12.5. The minimum atomic E-state index is -0.873. The number of carbonyl (C=O) groups is 3. The molecule has 7 heteroatoms. The van der Waals surface area contributed by atoms with Crippen molar-refractivity contribution in [3.63, 3.8) is 0 Å². The van der Waals surface area contributed by atoms with Crippen LogP contribution in [-0.2, 0) is 9.59 Å². The molecule has 0 aliphatic rings. The Labute approximate surface area is 119 Å². The molecule has 0 saturated heterocycles. The zero-order chi connectivity index (χ0) is 15.5. The van der Waals surface area contributed by atoms with E-state index in [2.05, 4.69) is 5.32 Å². The fourth-order valence-electron chi connectivity index (χ4n) is 1.56. The number of urea groups is 1. The van der Waals surface area contributed by atoms with Gasteiger partial charge in [0.15, 0.2) is 0 Å². The van der Waals surface area contributed by atoms with Crippen molar-refractivity contribution >= 4 is 17.9 Å². The van der Waals surface area contributed by atoms with Crippen molar-refractivity contribution in [1.29, 1.82) is 0 Å². The molecule has 3 amide bonds. The molecular formula is C13H25N3O4. The first-order valence-electron chi connectivity index (χ1n) is 6.74. The molecule has 0 unspecified atom stereocenters. The SMILES string of the molecule is CN(C)CCCN(C)C(=O)NC(=O)CCCCC(=O)O. The quantitative estimate of drug-likeness (QED) is 0.611. The summed E-state index contributed by atoms with van der Waals surface area (Å²) < 4.78 is 0. The van der Waals surface area contributed by atoms with E-state index in [1.54, 1.807) is 7.05 Å². The molecule has 0 rings (SSSR count). The van der Waals surface area contributed by atoms with E-state index >= 15 is 0 Å². The molecule has 0 aromatic heterocycles. The second-order valence-corrected chi connectivity index (χ2v) is 5.03. The first-order valence-corrected chi connectivity index (χ1v) is 6.74. The van der Waals surface area contributed by atoms with Crippen molar-refractivity contribution < 1.29 is 19.5 Å². The van der Waals surface area contributed by atoms with E-state index in [4.69, 9.17) is 5.11 Å². The average Bonchev–Trinajstić information content (AvgIpc) is 2.33. The van der Waals surface area contributed by atoms with Crippen LogP contribution in [0.4, 0.5) is 4.79 Å². The number of carboxylic acid groups (broad SMARTS) is 1. The van der Waals surface area contributed by atoms with Crippen LogP contribution in [0.2, 0.25) is 0 Å². The summed E-state index contributed by atoms with van der Waals surface area (Å²) in [6, 6.07) is -0.410. The van der Waals surface area contributed by atoms with Gasteiger partial charge in [0, 0.05) is 26.4 Å². The van der Waals surface area contributed by atoms with Gasteiger partial charge in [-0.05, 0) is 39.9 Å². The van der Waals surface area contributed by atoms with Crippen molar-refractivity contribution in [2.24, 2.45) is 0 Å². The number of hydrogen-bond donors (Lipinski definition) is 2. The van der Waals surface area contributed by atoms with Gasteiger partial charge < -0.3 is 14.9 Å². The number of nitrogens with one attached hydrogen (secondary N) is 1. The first-order chi connectivity index (χ1) is 9.32. The lowest BCUT2D eigenvalue weighted by atomic mass is 10.2. The van der Waals surface area contributed by atoms with E-state index in [-0.39, 0.29) is 18.7 Å². The Hall–Kier alpha value is -1.63. The van der Waals surface area contributed by atoms with E-state index in [0.717, 1.165) is 13.0 Å². The van der Waals surface area contributed by atoms with Gasteiger partial charge in [-0.1, -0.05) is 0 Å². The van der Waals surface area contributed by atoms with Crippen LogP contribution in [0.1, 0.15) is 32.1 Å². The Bertz CT molecular complexity index is 332. The number of carbonyl (C=O) groups excluding carboxylic acids is 2. The van der Waals surface area contributed by atoms with Crippen molar-refractivity contribution in [1.82, 2.24) is 15.1 Å². The highest BCUT2D eigenvalue weighted by molar-refractivity contribution is 5.94. The maximum absolute atomic E-state index is 11.7. The highest BCUT2D eigenvalue weighted by atomic mass is 16.4. The number of rotatable bonds is 9. The second-order valence-electron chi connectivity index (χ2n) is 5.03. The molecule has 0 atom stereocenters. The monoisotopic (exact) mass is 287 g/mol. The van der Waals surface area contributed by atoms with Gasteiger partial charge in [-0.15, -0.1) is 0 Å². The van der Waals surface area contributed by atoms with E-state index < -0.39 is 12.0 Å². The number of amides is 3. The average molecular weight is 287 g/mol. The van der Waals surface area contributed by atoms with Crippen LogP contribution >= 0.6 is 0 Å². The number of aliphatic carboxylic acids is 1. The summed E-state index contributed by atoms with van der Waals surface area (Å²) in [6.07, 6.45) is 1.96. The molecule has 7 nitrogen and oxygen atoms in total. The summed E-state index contributed by atoms with van der Waals surface area (Å²) in [5.41, 5.74) is 0. The summed E-state index contributed by atoms with van der Waals surface area (Å²) in [6.45, 7) is 1.46. The number of imide groups is 1. The highest BCUT2D eigenvalue weighted by Gasteiger charge is 2.12. The van der Waals surface area contributed by atoms with Gasteiger partial charge in [0.1, 0.15) is 0 Å². The smallest absolute Gasteiger partial charge is 0.323 e. The summed E-state index contributed by atoms with van der Waals surface area (Å²) in [5, 5.41) is 10.7. The van der Waals surface area contributed by atoms with E-state index in [0.29, 0.717) is 19.4 Å². The molecule has 20 heavy (non-hydrogen) atoms. The lowest BCUT2D eigenvalue weighted by molar-refractivity contribution is -0.137.